The summed E-state index contributed by atoms with van der Waals surface area (Å²) in [6.45, 7) is 4.49. The highest BCUT2D eigenvalue weighted by molar-refractivity contribution is 4.81. The molecule has 1 fully saturated rings. The first-order valence-electron chi connectivity index (χ1n) is 5.44. The molecule has 1 atom stereocenters. The average molecular weight is 205 g/mol. The summed E-state index contributed by atoms with van der Waals surface area (Å²) in [5, 5.41) is 0. The fraction of sp³-hybridized carbons (Fsp3) is 1.00. The van der Waals surface area contributed by atoms with Gasteiger partial charge in [0.05, 0.1) is 6.04 Å². The van der Waals surface area contributed by atoms with Crippen LogP contribution in [0.25, 0.3) is 0 Å². The molecule has 0 aromatic carbocycles. The normalized spacial score (nSPS) is 25.3. The van der Waals surface area contributed by atoms with Crippen LogP contribution in [0.5, 0.6) is 0 Å². The summed E-state index contributed by atoms with van der Waals surface area (Å²) in [4.78, 5) is 0. The second-order valence-electron chi connectivity index (χ2n) is 5.34. The monoisotopic (exact) mass is 205 g/mol. The van der Waals surface area contributed by atoms with Gasteiger partial charge in [-0.3, -0.25) is 0 Å². The second-order valence-corrected chi connectivity index (χ2v) is 5.34. The van der Waals surface area contributed by atoms with Crippen molar-refractivity contribution in [3.63, 3.8) is 0 Å². The van der Waals surface area contributed by atoms with Gasteiger partial charge in [-0.25, -0.2) is 8.78 Å². The number of halogens is 2. The number of hydrogen-bond acceptors (Lipinski definition) is 1. The minimum atomic E-state index is -2.36. The molecular formula is C11H21F2N. The first-order chi connectivity index (χ1) is 6.41. The smallest absolute Gasteiger partial charge is 0.253 e. The molecule has 0 aromatic rings. The molecule has 1 rings (SSSR count). The van der Waals surface area contributed by atoms with Gasteiger partial charge in [-0.2, -0.15) is 0 Å². The Kier molecular flexibility index (Phi) is 3.87. The van der Waals surface area contributed by atoms with Gasteiger partial charge in [0, 0.05) is 0 Å². The number of rotatable bonds is 3. The molecule has 0 amide bonds. The van der Waals surface area contributed by atoms with E-state index in [0.717, 1.165) is 25.7 Å². The lowest BCUT2D eigenvalue weighted by Crippen LogP contribution is -2.33. The molecule has 0 radical (unpaired) electrons. The first kappa shape index (κ1) is 11.9. The molecule has 0 spiro atoms. The summed E-state index contributed by atoms with van der Waals surface area (Å²) in [5.41, 5.74) is 5.77. The molecule has 1 aliphatic carbocycles. The van der Waals surface area contributed by atoms with Gasteiger partial charge in [0.15, 0.2) is 0 Å². The van der Waals surface area contributed by atoms with E-state index in [0.29, 0.717) is 17.8 Å². The molecule has 3 heteroatoms. The lowest BCUT2D eigenvalue weighted by Gasteiger charge is -2.35. The minimum Gasteiger partial charge on any atom is -0.323 e. The predicted molar refractivity (Wildman–Crippen MR) is 54.3 cm³/mol. The zero-order chi connectivity index (χ0) is 10.8. The summed E-state index contributed by atoms with van der Waals surface area (Å²) in [7, 11) is 0. The summed E-state index contributed by atoms with van der Waals surface area (Å²) < 4.78 is 24.4. The number of hydrogen-bond donors (Lipinski definition) is 1. The van der Waals surface area contributed by atoms with Crippen LogP contribution >= 0.6 is 0 Å². The van der Waals surface area contributed by atoms with Gasteiger partial charge in [-0.1, -0.05) is 13.8 Å². The van der Waals surface area contributed by atoms with Crippen molar-refractivity contribution in [3.8, 4) is 0 Å². The van der Waals surface area contributed by atoms with Crippen LogP contribution in [0.2, 0.25) is 0 Å². The highest BCUT2D eigenvalue weighted by atomic mass is 19.3. The molecule has 0 aliphatic heterocycles. The molecule has 84 valence electrons. The van der Waals surface area contributed by atoms with Crippen LogP contribution in [0, 0.1) is 11.3 Å². The summed E-state index contributed by atoms with van der Waals surface area (Å²) in [5.74, 6) is 0.423. The quantitative estimate of drug-likeness (QED) is 0.752. The summed E-state index contributed by atoms with van der Waals surface area (Å²) in [6.07, 6.45) is 2.56. The third kappa shape index (κ3) is 3.52. The third-order valence-corrected chi connectivity index (χ3v) is 3.39. The third-order valence-electron chi connectivity index (χ3n) is 3.39. The van der Waals surface area contributed by atoms with E-state index in [1.54, 1.807) is 0 Å². The van der Waals surface area contributed by atoms with Crippen molar-refractivity contribution in [2.24, 2.45) is 17.1 Å². The summed E-state index contributed by atoms with van der Waals surface area (Å²) >= 11 is 0. The molecule has 0 aromatic heterocycles. The van der Waals surface area contributed by atoms with Crippen LogP contribution in [0.1, 0.15) is 46.0 Å². The van der Waals surface area contributed by atoms with Crippen LogP contribution in [0.4, 0.5) is 8.78 Å². The van der Waals surface area contributed by atoms with Crippen molar-refractivity contribution in [2.45, 2.75) is 58.4 Å². The van der Waals surface area contributed by atoms with E-state index in [4.69, 9.17) is 5.73 Å². The maximum atomic E-state index is 12.2. The van der Waals surface area contributed by atoms with Crippen molar-refractivity contribution in [2.75, 3.05) is 0 Å². The molecule has 1 saturated carbocycles. The zero-order valence-corrected chi connectivity index (χ0v) is 9.10. The van der Waals surface area contributed by atoms with Gasteiger partial charge in [0.2, 0.25) is 0 Å². The van der Waals surface area contributed by atoms with Crippen molar-refractivity contribution in [1.29, 1.82) is 0 Å². The maximum Gasteiger partial charge on any atom is 0.253 e. The molecule has 0 bridgehead atoms. The van der Waals surface area contributed by atoms with Gasteiger partial charge >= 0.3 is 0 Å². The maximum absolute atomic E-state index is 12.2. The van der Waals surface area contributed by atoms with E-state index in [-0.39, 0.29) is 0 Å². The largest absolute Gasteiger partial charge is 0.323 e. The fourth-order valence-corrected chi connectivity index (χ4v) is 2.18. The fourth-order valence-electron chi connectivity index (χ4n) is 2.18. The molecular weight excluding hydrogens is 184 g/mol. The first-order valence-corrected chi connectivity index (χ1v) is 5.44. The lowest BCUT2D eigenvalue weighted by molar-refractivity contribution is 0.0910. The van der Waals surface area contributed by atoms with Crippen LogP contribution in [-0.4, -0.2) is 12.5 Å². The Labute approximate surface area is 85.1 Å². The Hall–Kier alpha value is -0.180. The second kappa shape index (κ2) is 4.56. The Morgan fingerprint density at radius 2 is 1.79 bits per heavy atom. The predicted octanol–water partition coefficient (Wildman–Crippen LogP) is 3.19. The zero-order valence-electron chi connectivity index (χ0n) is 9.10. The Morgan fingerprint density at radius 3 is 2.21 bits per heavy atom. The van der Waals surface area contributed by atoms with Crippen LogP contribution in [0.3, 0.4) is 0 Å². The highest BCUT2D eigenvalue weighted by Gasteiger charge is 2.29. The standard InChI is InChI=1S/C11H21F2N/c1-11(2)5-3-8(4-6-11)7-9(14)10(12)13/h8-10H,3-7,14H2,1-2H3. The molecule has 1 aliphatic rings. The van der Waals surface area contributed by atoms with Crippen molar-refractivity contribution in [3.05, 3.63) is 0 Å². The van der Waals surface area contributed by atoms with E-state index in [2.05, 4.69) is 13.8 Å². The average Bonchev–Trinajstić information content (AvgIpc) is 2.08. The molecule has 0 heterocycles. The summed E-state index contributed by atoms with van der Waals surface area (Å²) in [6, 6.07) is -0.916. The number of nitrogens with two attached hydrogens (primary N) is 1. The lowest BCUT2D eigenvalue weighted by atomic mass is 9.72. The molecule has 2 N–H and O–H groups in total. The molecule has 1 unspecified atom stereocenters. The van der Waals surface area contributed by atoms with Crippen molar-refractivity contribution >= 4 is 0 Å². The Morgan fingerprint density at radius 1 is 1.29 bits per heavy atom. The van der Waals surface area contributed by atoms with Gasteiger partial charge in [0.25, 0.3) is 6.43 Å². The molecule has 14 heavy (non-hydrogen) atoms. The van der Waals surface area contributed by atoms with Crippen LogP contribution < -0.4 is 5.73 Å². The minimum absolute atomic E-state index is 0.408. The highest BCUT2D eigenvalue weighted by Crippen LogP contribution is 2.39. The van der Waals surface area contributed by atoms with E-state index >= 15 is 0 Å². The van der Waals surface area contributed by atoms with Crippen LogP contribution in [-0.2, 0) is 0 Å². The molecule has 1 nitrogen and oxygen atoms in total. The van der Waals surface area contributed by atoms with E-state index in [9.17, 15) is 8.78 Å². The van der Waals surface area contributed by atoms with Gasteiger partial charge in [-0.05, 0) is 43.4 Å². The molecule has 0 saturated heterocycles. The van der Waals surface area contributed by atoms with Gasteiger partial charge < -0.3 is 5.73 Å². The SMILES string of the molecule is CC1(C)CCC(CC(N)C(F)F)CC1. The van der Waals surface area contributed by atoms with Crippen molar-refractivity contribution in [1.82, 2.24) is 0 Å². The van der Waals surface area contributed by atoms with E-state index in [1.165, 1.54) is 0 Å². The van der Waals surface area contributed by atoms with E-state index in [1.807, 2.05) is 0 Å². The van der Waals surface area contributed by atoms with Gasteiger partial charge in [0.1, 0.15) is 0 Å². The van der Waals surface area contributed by atoms with Crippen molar-refractivity contribution < 1.29 is 8.78 Å². The van der Waals surface area contributed by atoms with Gasteiger partial charge in [-0.15, -0.1) is 0 Å². The Bertz CT molecular complexity index is 170. The number of alkyl halides is 2. The van der Waals surface area contributed by atoms with E-state index < -0.39 is 12.5 Å². The topological polar surface area (TPSA) is 26.0 Å². The Balaban J connectivity index is 2.29. The van der Waals surface area contributed by atoms with Crippen LogP contribution in [0.15, 0.2) is 0 Å².